The van der Waals surface area contributed by atoms with Gasteiger partial charge in [-0.05, 0) is 79.4 Å². The molecular formula is C33H30FN7O2. The van der Waals surface area contributed by atoms with Gasteiger partial charge in [-0.3, -0.25) is 14.9 Å². The molecule has 9 nitrogen and oxygen atoms in total. The van der Waals surface area contributed by atoms with E-state index in [1.165, 1.54) is 19.2 Å². The molecule has 1 amide bonds. The van der Waals surface area contributed by atoms with E-state index in [4.69, 9.17) is 4.74 Å². The van der Waals surface area contributed by atoms with Gasteiger partial charge < -0.3 is 20.4 Å². The van der Waals surface area contributed by atoms with Crippen molar-refractivity contribution in [3.8, 4) is 39.4 Å². The molecule has 216 valence electrons. The number of benzene rings is 2. The van der Waals surface area contributed by atoms with Crippen LogP contribution in [0.4, 0.5) is 10.1 Å². The Morgan fingerprint density at radius 2 is 1.86 bits per heavy atom. The summed E-state index contributed by atoms with van der Waals surface area (Å²) < 4.78 is 19.6. The summed E-state index contributed by atoms with van der Waals surface area (Å²) in [4.78, 5) is 25.2. The Labute approximate surface area is 246 Å². The van der Waals surface area contributed by atoms with Gasteiger partial charge in [-0.1, -0.05) is 12.1 Å². The Kier molecular flexibility index (Phi) is 7.04. The number of methoxy groups -OCH3 is 1. The molecule has 10 heteroatoms. The molecule has 1 fully saturated rings. The van der Waals surface area contributed by atoms with Crippen LogP contribution in [-0.4, -0.2) is 51.3 Å². The first-order valence-electron chi connectivity index (χ1n) is 14.3. The van der Waals surface area contributed by atoms with Crippen LogP contribution in [0.1, 0.15) is 19.3 Å². The molecule has 0 unspecified atom stereocenters. The number of aromatic amines is 2. The zero-order valence-corrected chi connectivity index (χ0v) is 23.6. The van der Waals surface area contributed by atoms with Crippen LogP contribution in [0.2, 0.25) is 0 Å². The number of nitrogens with zero attached hydrogens (tertiary/aromatic N) is 3. The van der Waals surface area contributed by atoms with Crippen LogP contribution in [-0.2, 0) is 4.79 Å². The van der Waals surface area contributed by atoms with Gasteiger partial charge in [-0.15, -0.1) is 0 Å². The zero-order valence-electron chi connectivity index (χ0n) is 23.6. The van der Waals surface area contributed by atoms with E-state index in [0.717, 1.165) is 70.2 Å². The van der Waals surface area contributed by atoms with Crippen LogP contribution in [0.15, 0.2) is 73.2 Å². The number of piperidine rings is 1. The lowest BCUT2D eigenvalue weighted by Gasteiger charge is -2.21. The van der Waals surface area contributed by atoms with Crippen LogP contribution >= 0.6 is 0 Å². The summed E-state index contributed by atoms with van der Waals surface area (Å²) in [6.45, 7) is 1.92. The molecule has 43 heavy (non-hydrogen) atoms. The van der Waals surface area contributed by atoms with Crippen molar-refractivity contribution in [2.45, 2.75) is 19.3 Å². The third-order valence-electron chi connectivity index (χ3n) is 8.04. The van der Waals surface area contributed by atoms with Crippen molar-refractivity contribution in [3.05, 3.63) is 79.0 Å². The third-order valence-corrected chi connectivity index (χ3v) is 8.04. The molecule has 0 radical (unpaired) electrons. The summed E-state index contributed by atoms with van der Waals surface area (Å²) in [6, 6.07) is 16.5. The molecular weight excluding hydrogens is 545 g/mol. The van der Waals surface area contributed by atoms with E-state index < -0.39 is 0 Å². The van der Waals surface area contributed by atoms with Crippen LogP contribution < -0.4 is 15.4 Å². The van der Waals surface area contributed by atoms with Gasteiger partial charge in [0.05, 0.1) is 24.7 Å². The SMILES string of the molecule is COc1cc(F)cc(-c2cccc3[nH]c(-c4n[nH]c5ncc(-c6cncc(NC(=O)CC7CCNCC7)c6)cc45)cc23)c1. The fourth-order valence-electron chi connectivity index (χ4n) is 5.86. The van der Waals surface area contributed by atoms with E-state index in [9.17, 15) is 9.18 Å². The second-order valence-electron chi connectivity index (χ2n) is 10.9. The zero-order chi connectivity index (χ0) is 29.3. The summed E-state index contributed by atoms with van der Waals surface area (Å²) in [5.41, 5.74) is 6.98. The van der Waals surface area contributed by atoms with Crippen LogP contribution in [0, 0.1) is 11.7 Å². The molecule has 5 heterocycles. The Hall–Kier alpha value is -5.09. The van der Waals surface area contributed by atoms with Crippen LogP contribution in [0.25, 0.3) is 55.6 Å². The van der Waals surface area contributed by atoms with E-state index in [2.05, 4.69) is 35.8 Å². The largest absolute Gasteiger partial charge is 0.497 e. The third kappa shape index (κ3) is 5.44. The van der Waals surface area contributed by atoms with E-state index in [-0.39, 0.29) is 11.7 Å². The Morgan fingerprint density at radius 1 is 1.00 bits per heavy atom. The number of fused-ring (bicyclic) bond motifs is 2. The standard InChI is InChI=1S/C33H30FN7O2/c1-43-25-12-20(10-23(34)14-25)26-3-2-4-29-27(26)15-30(39-29)32-28-13-22(17-37-33(28)41-40-32)21-11-24(18-36-16-21)38-31(42)9-19-5-7-35-8-6-19/h2-4,10-19,35,39H,5-9H2,1H3,(H,38,42)(H,37,40,41). The van der Waals surface area contributed by atoms with Gasteiger partial charge in [0.1, 0.15) is 17.3 Å². The molecule has 0 atom stereocenters. The van der Waals surface area contributed by atoms with Gasteiger partial charge in [-0.25, -0.2) is 9.37 Å². The van der Waals surface area contributed by atoms with E-state index in [1.807, 2.05) is 42.5 Å². The van der Waals surface area contributed by atoms with Crippen molar-refractivity contribution in [3.63, 3.8) is 0 Å². The fraction of sp³-hybridized carbons (Fsp3) is 0.212. The number of H-pyrrole nitrogens is 2. The molecule has 0 saturated carbocycles. The Morgan fingerprint density at radius 3 is 2.72 bits per heavy atom. The number of pyridine rings is 2. The summed E-state index contributed by atoms with van der Waals surface area (Å²) in [5, 5.41) is 15.7. The molecule has 1 saturated heterocycles. The maximum absolute atomic E-state index is 14.3. The number of ether oxygens (including phenoxy) is 1. The molecule has 4 aromatic heterocycles. The topological polar surface area (TPSA) is 121 Å². The molecule has 4 N–H and O–H groups in total. The van der Waals surface area contributed by atoms with Crippen molar-refractivity contribution in [2.24, 2.45) is 5.92 Å². The van der Waals surface area contributed by atoms with Gasteiger partial charge in [0.15, 0.2) is 5.65 Å². The number of nitrogens with one attached hydrogen (secondary N) is 4. The van der Waals surface area contributed by atoms with Crippen LogP contribution in [0.5, 0.6) is 5.75 Å². The highest BCUT2D eigenvalue weighted by molar-refractivity contribution is 6.01. The molecule has 7 rings (SSSR count). The van der Waals surface area contributed by atoms with Gasteiger partial charge >= 0.3 is 0 Å². The monoisotopic (exact) mass is 575 g/mol. The predicted octanol–water partition coefficient (Wildman–Crippen LogP) is 6.31. The molecule has 0 bridgehead atoms. The second kappa shape index (κ2) is 11.3. The highest BCUT2D eigenvalue weighted by atomic mass is 19.1. The number of hydrogen-bond donors (Lipinski definition) is 4. The number of amides is 1. The lowest BCUT2D eigenvalue weighted by atomic mass is 9.94. The van der Waals surface area contributed by atoms with Crippen molar-refractivity contribution in [2.75, 3.05) is 25.5 Å². The van der Waals surface area contributed by atoms with E-state index in [1.54, 1.807) is 18.6 Å². The van der Waals surface area contributed by atoms with Gasteiger partial charge in [0.25, 0.3) is 0 Å². The lowest BCUT2D eigenvalue weighted by Crippen LogP contribution is -2.30. The molecule has 6 aromatic rings. The average Bonchev–Trinajstić information content (AvgIpc) is 3.65. The number of anilines is 1. The highest BCUT2D eigenvalue weighted by Gasteiger charge is 2.18. The van der Waals surface area contributed by atoms with Gasteiger partial charge in [-0.2, -0.15) is 5.10 Å². The summed E-state index contributed by atoms with van der Waals surface area (Å²) in [5.74, 6) is 0.505. The molecule has 0 spiro atoms. The van der Waals surface area contributed by atoms with Gasteiger partial charge in [0, 0.05) is 52.3 Å². The minimum absolute atomic E-state index is 0.00594. The minimum atomic E-state index is -0.362. The molecule has 1 aliphatic heterocycles. The summed E-state index contributed by atoms with van der Waals surface area (Å²) in [7, 11) is 1.52. The maximum Gasteiger partial charge on any atom is 0.224 e. The number of hydrogen-bond acceptors (Lipinski definition) is 6. The number of carbonyl (C=O) groups is 1. The van der Waals surface area contributed by atoms with E-state index in [0.29, 0.717) is 35.1 Å². The normalized spacial score (nSPS) is 13.9. The first kappa shape index (κ1) is 26.8. The minimum Gasteiger partial charge on any atom is -0.497 e. The quantitative estimate of drug-likeness (QED) is 0.177. The van der Waals surface area contributed by atoms with Crippen molar-refractivity contribution in [1.29, 1.82) is 0 Å². The highest BCUT2D eigenvalue weighted by Crippen LogP contribution is 2.36. The number of rotatable bonds is 7. The predicted molar refractivity (Wildman–Crippen MR) is 165 cm³/mol. The average molecular weight is 576 g/mol. The summed E-state index contributed by atoms with van der Waals surface area (Å²) in [6.07, 6.45) is 7.73. The summed E-state index contributed by atoms with van der Waals surface area (Å²) >= 11 is 0. The van der Waals surface area contributed by atoms with Crippen molar-refractivity contribution < 1.29 is 13.9 Å². The molecule has 1 aliphatic rings. The van der Waals surface area contributed by atoms with Crippen LogP contribution in [0.3, 0.4) is 0 Å². The number of aromatic nitrogens is 5. The first-order chi connectivity index (χ1) is 21.0. The Bertz CT molecular complexity index is 1960. The second-order valence-corrected chi connectivity index (χ2v) is 10.9. The van der Waals surface area contributed by atoms with E-state index >= 15 is 0 Å². The van der Waals surface area contributed by atoms with Gasteiger partial charge in [0.2, 0.25) is 5.91 Å². The Balaban J connectivity index is 1.20. The van der Waals surface area contributed by atoms with Crippen molar-refractivity contribution >= 4 is 33.5 Å². The number of carbonyl (C=O) groups excluding carboxylic acids is 1. The smallest absolute Gasteiger partial charge is 0.224 e. The molecule has 0 aliphatic carbocycles. The first-order valence-corrected chi connectivity index (χ1v) is 14.3. The lowest BCUT2D eigenvalue weighted by molar-refractivity contribution is -0.117. The maximum atomic E-state index is 14.3. The van der Waals surface area contributed by atoms with Crippen molar-refractivity contribution in [1.82, 2.24) is 30.5 Å². The fourth-order valence-corrected chi connectivity index (χ4v) is 5.86. The number of halogens is 1. The molecule has 2 aromatic carbocycles.